The van der Waals surface area contributed by atoms with Gasteiger partial charge in [-0.3, -0.25) is 23.7 Å². The van der Waals surface area contributed by atoms with Gasteiger partial charge in [0.25, 0.3) is 0 Å². The summed E-state index contributed by atoms with van der Waals surface area (Å²) in [6.07, 6.45) is 0. The van der Waals surface area contributed by atoms with Crippen LogP contribution < -0.4 is 24.6 Å². The molecule has 1 fully saturated rings. The van der Waals surface area contributed by atoms with Gasteiger partial charge in [-0.2, -0.15) is 0 Å². The first-order valence-corrected chi connectivity index (χ1v) is 14.9. The molecule has 214 valence electrons. The molecule has 1 saturated heterocycles. The Morgan fingerprint density at radius 2 is 1.62 bits per heavy atom. The van der Waals surface area contributed by atoms with Crippen LogP contribution in [0.2, 0.25) is 0 Å². The molecule has 3 atom stereocenters. The topological polar surface area (TPSA) is 107 Å². The van der Waals surface area contributed by atoms with Gasteiger partial charge in [-0.15, -0.1) is 0 Å². The van der Waals surface area contributed by atoms with Crippen molar-refractivity contribution in [2.24, 2.45) is 5.92 Å². The number of imide groups is 1. The molecule has 42 heavy (non-hydrogen) atoms. The summed E-state index contributed by atoms with van der Waals surface area (Å²) in [5, 5.41) is 2.54. The van der Waals surface area contributed by atoms with Gasteiger partial charge in [0.05, 0.1) is 30.9 Å². The molecule has 3 heterocycles. The summed E-state index contributed by atoms with van der Waals surface area (Å²) < 4.78 is 12.4. The van der Waals surface area contributed by atoms with Crippen molar-refractivity contribution in [3.63, 3.8) is 0 Å². The first-order chi connectivity index (χ1) is 20.3. The quantitative estimate of drug-likeness (QED) is 0.307. The van der Waals surface area contributed by atoms with E-state index in [-0.39, 0.29) is 29.1 Å². The number of aryl methyl sites for hydroxylation is 1. The SMILES string of the molecule is COc1ccc([C@@H]2c3sc(=O)n(CC(=O)Nc4ccccc4)c3S[C@@H]3C(=O)N(c4ccc(C)cc4)C(=O)[C@H]23)cc1OC. The van der Waals surface area contributed by atoms with Gasteiger partial charge < -0.3 is 14.8 Å². The van der Waals surface area contributed by atoms with E-state index in [0.29, 0.717) is 38.3 Å². The molecule has 2 aliphatic rings. The monoisotopic (exact) mass is 601 g/mol. The van der Waals surface area contributed by atoms with Crippen LogP contribution in [0.4, 0.5) is 11.4 Å². The highest BCUT2D eigenvalue weighted by Crippen LogP contribution is 2.54. The third kappa shape index (κ3) is 4.78. The fourth-order valence-corrected chi connectivity index (χ4v) is 8.25. The molecule has 3 amide bonds. The largest absolute Gasteiger partial charge is 0.493 e. The number of nitrogens with one attached hydrogen (secondary N) is 1. The van der Waals surface area contributed by atoms with E-state index < -0.39 is 17.1 Å². The average Bonchev–Trinajstić information content (AvgIpc) is 3.44. The van der Waals surface area contributed by atoms with E-state index in [0.717, 1.165) is 16.9 Å². The Labute approximate surface area is 250 Å². The Balaban J connectivity index is 1.45. The molecule has 0 aliphatic carbocycles. The second-order valence-electron chi connectivity index (χ2n) is 10.0. The van der Waals surface area contributed by atoms with Crippen molar-refractivity contribution in [2.45, 2.75) is 29.7 Å². The van der Waals surface area contributed by atoms with E-state index in [4.69, 9.17) is 9.47 Å². The number of methoxy groups -OCH3 is 2. The third-order valence-corrected chi connectivity index (χ3v) is 10.1. The molecular weight excluding hydrogens is 574 g/mol. The number of ether oxygens (including phenoxy) is 2. The number of carbonyl (C=O) groups is 3. The summed E-state index contributed by atoms with van der Waals surface area (Å²) in [6.45, 7) is 1.71. The molecule has 6 rings (SSSR count). The number of fused-ring (bicyclic) bond motifs is 2. The Morgan fingerprint density at radius 3 is 2.31 bits per heavy atom. The summed E-state index contributed by atoms with van der Waals surface area (Å²) in [6, 6.07) is 21.6. The molecule has 0 radical (unpaired) electrons. The summed E-state index contributed by atoms with van der Waals surface area (Å²) in [7, 11) is 3.06. The smallest absolute Gasteiger partial charge is 0.308 e. The highest BCUT2D eigenvalue weighted by molar-refractivity contribution is 8.00. The molecule has 0 saturated carbocycles. The molecule has 4 aromatic rings. The molecule has 0 bridgehead atoms. The van der Waals surface area contributed by atoms with Crippen molar-refractivity contribution >= 4 is 52.2 Å². The minimum atomic E-state index is -0.790. The molecule has 1 N–H and O–H groups in total. The zero-order chi connectivity index (χ0) is 29.5. The standard InChI is InChI=1S/C31H27N3O6S2/c1-17-9-12-20(13-10-17)34-28(36)25-24(18-11-14-21(39-2)22(15-18)40-3)27-30(41-26(25)29(34)37)33(31(38)42-27)16-23(35)32-19-7-5-4-6-8-19/h4-15,24-26H,16H2,1-3H3,(H,32,35)/t24-,25+,26-/m0/s1. The number of benzene rings is 3. The maximum atomic E-state index is 14.1. The van der Waals surface area contributed by atoms with Gasteiger partial charge in [0.2, 0.25) is 17.7 Å². The number of aromatic nitrogens is 1. The highest BCUT2D eigenvalue weighted by atomic mass is 32.2. The first kappa shape index (κ1) is 27.8. The van der Waals surface area contributed by atoms with Gasteiger partial charge in [-0.1, -0.05) is 65.1 Å². The Bertz CT molecular complexity index is 1750. The minimum Gasteiger partial charge on any atom is -0.493 e. The molecule has 11 heteroatoms. The number of anilines is 2. The number of hydrogen-bond donors (Lipinski definition) is 1. The van der Waals surface area contributed by atoms with Gasteiger partial charge in [0.15, 0.2) is 11.5 Å². The van der Waals surface area contributed by atoms with Gasteiger partial charge in [0.1, 0.15) is 11.8 Å². The Morgan fingerprint density at radius 1 is 0.905 bits per heavy atom. The van der Waals surface area contributed by atoms with Crippen molar-refractivity contribution in [1.82, 2.24) is 4.57 Å². The van der Waals surface area contributed by atoms with Crippen molar-refractivity contribution in [3.05, 3.63) is 98.5 Å². The molecule has 1 aromatic heterocycles. The zero-order valence-corrected chi connectivity index (χ0v) is 24.7. The van der Waals surface area contributed by atoms with Gasteiger partial charge in [0, 0.05) is 16.5 Å². The average molecular weight is 602 g/mol. The Hall–Kier alpha value is -4.35. The lowest BCUT2D eigenvalue weighted by Crippen LogP contribution is -2.33. The summed E-state index contributed by atoms with van der Waals surface area (Å²) in [4.78, 5) is 55.9. The van der Waals surface area contributed by atoms with Crippen LogP contribution in [0.1, 0.15) is 21.9 Å². The maximum absolute atomic E-state index is 14.1. The van der Waals surface area contributed by atoms with Crippen molar-refractivity contribution in [3.8, 4) is 11.5 Å². The van der Waals surface area contributed by atoms with Crippen LogP contribution in [0.3, 0.4) is 0 Å². The first-order valence-electron chi connectivity index (χ1n) is 13.2. The molecule has 3 aromatic carbocycles. The van der Waals surface area contributed by atoms with E-state index in [1.807, 2.05) is 31.2 Å². The van der Waals surface area contributed by atoms with E-state index in [1.165, 1.54) is 35.4 Å². The number of amides is 3. The molecule has 0 spiro atoms. The van der Waals surface area contributed by atoms with Crippen LogP contribution in [0.15, 0.2) is 82.6 Å². The summed E-state index contributed by atoms with van der Waals surface area (Å²) >= 11 is 2.17. The lowest BCUT2D eigenvalue weighted by atomic mass is 9.83. The Kier molecular flexibility index (Phi) is 7.38. The molecule has 9 nitrogen and oxygen atoms in total. The predicted octanol–water partition coefficient (Wildman–Crippen LogP) is 4.67. The normalized spacial score (nSPS) is 19.3. The molecule has 2 aliphatic heterocycles. The third-order valence-electron chi connectivity index (χ3n) is 7.47. The van der Waals surface area contributed by atoms with Crippen LogP contribution in [0.25, 0.3) is 0 Å². The van der Waals surface area contributed by atoms with Gasteiger partial charge >= 0.3 is 4.87 Å². The summed E-state index contributed by atoms with van der Waals surface area (Å²) in [5.74, 6) is -1.46. The highest BCUT2D eigenvalue weighted by Gasteiger charge is 2.57. The van der Waals surface area contributed by atoms with Gasteiger partial charge in [-0.05, 0) is 48.9 Å². The number of carbonyl (C=O) groups excluding carboxylic acids is 3. The fraction of sp³-hybridized carbons (Fsp3) is 0.226. The number of hydrogen-bond acceptors (Lipinski definition) is 8. The van der Waals surface area contributed by atoms with Crippen LogP contribution >= 0.6 is 23.1 Å². The van der Waals surface area contributed by atoms with E-state index >= 15 is 0 Å². The number of thioether (sulfide) groups is 1. The van der Waals surface area contributed by atoms with Crippen molar-refractivity contribution in [1.29, 1.82) is 0 Å². The molecule has 0 unspecified atom stereocenters. The second kappa shape index (κ2) is 11.1. The van der Waals surface area contributed by atoms with Crippen molar-refractivity contribution < 1.29 is 23.9 Å². The van der Waals surface area contributed by atoms with Crippen molar-refractivity contribution in [2.75, 3.05) is 24.4 Å². The van der Waals surface area contributed by atoms with Crippen LogP contribution in [0.5, 0.6) is 11.5 Å². The van der Waals surface area contributed by atoms with Crippen LogP contribution in [-0.2, 0) is 20.9 Å². The fourth-order valence-electron chi connectivity index (χ4n) is 5.47. The number of para-hydroxylation sites is 1. The summed E-state index contributed by atoms with van der Waals surface area (Å²) in [5.41, 5.74) is 2.83. The van der Waals surface area contributed by atoms with Crippen LogP contribution in [-0.4, -0.2) is 41.8 Å². The second-order valence-corrected chi connectivity index (χ2v) is 12.2. The lowest BCUT2D eigenvalue weighted by molar-refractivity contribution is -0.122. The minimum absolute atomic E-state index is 0.230. The van der Waals surface area contributed by atoms with Crippen LogP contribution in [0, 0.1) is 12.8 Å². The van der Waals surface area contributed by atoms with E-state index in [1.54, 1.807) is 48.5 Å². The lowest BCUT2D eigenvalue weighted by Gasteiger charge is -2.31. The van der Waals surface area contributed by atoms with Gasteiger partial charge in [-0.25, -0.2) is 4.90 Å². The number of rotatable bonds is 7. The molecular formula is C31H27N3O6S2. The number of thiazole rings is 1. The van der Waals surface area contributed by atoms with E-state index in [9.17, 15) is 19.2 Å². The maximum Gasteiger partial charge on any atom is 0.308 e. The predicted molar refractivity (Wildman–Crippen MR) is 162 cm³/mol. The van der Waals surface area contributed by atoms with E-state index in [2.05, 4.69) is 5.32 Å². The number of nitrogens with zero attached hydrogens (tertiary/aromatic N) is 2. The zero-order valence-electron chi connectivity index (χ0n) is 23.0.